The van der Waals surface area contributed by atoms with Gasteiger partial charge in [0.1, 0.15) is 5.76 Å². The average Bonchev–Trinajstić information content (AvgIpc) is 2.80. The molecule has 31 heavy (non-hydrogen) atoms. The zero-order chi connectivity index (χ0) is 22.6. The maximum atomic E-state index is 14.1. The smallest absolute Gasteiger partial charge is 0.196 e. The van der Waals surface area contributed by atoms with Crippen molar-refractivity contribution in [3.8, 4) is 0 Å². The van der Waals surface area contributed by atoms with Gasteiger partial charge in [0.15, 0.2) is 17.9 Å². The highest BCUT2D eigenvalue weighted by molar-refractivity contribution is 5.32. The van der Waals surface area contributed by atoms with Gasteiger partial charge in [0.25, 0.3) is 0 Å². The van der Waals surface area contributed by atoms with E-state index >= 15 is 0 Å². The predicted octanol–water partition coefficient (Wildman–Crippen LogP) is 7.79. The third-order valence-electron chi connectivity index (χ3n) is 6.70. The number of ether oxygens (including phenoxy) is 3. The molecule has 0 aromatic carbocycles. The molecule has 1 heterocycles. The summed E-state index contributed by atoms with van der Waals surface area (Å²) in [4.78, 5) is 0. The van der Waals surface area contributed by atoms with Crippen LogP contribution < -0.4 is 0 Å². The Morgan fingerprint density at radius 3 is 2.26 bits per heavy atom. The van der Waals surface area contributed by atoms with E-state index in [1.807, 2.05) is 6.08 Å². The van der Waals surface area contributed by atoms with E-state index in [1.165, 1.54) is 45.6 Å². The van der Waals surface area contributed by atoms with Crippen molar-refractivity contribution in [2.75, 3.05) is 20.3 Å². The fourth-order valence-corrected chi connectivity index (χ4v) is 4.84. The van der Waals surface area contributed by atoms with E-state index in [-0.39, 0.29) is 18.7 Å². The summed E-state index contributed by atoms with van der Waals surface area (Å²) in [5.41, 5.74) is 0.363. The van der Waals surface area contributed by atoms with Crippen molar-refractivity contribution in [1.82, 2.24) is 0 Å². The highest BCUT2D eigenvalue weighted by Crippen LogP contribution is 2.39. The molecule has 2 unspecified atom stereocenters. The summed E-state index contributed by atoms with van der Waals surface area (Å²) >= 11 is 0. The van der Waals surface area contributed by atoms with Gasteiger partial charge in [0, 0.05) is 6.42 Å². The van der Waals surface area contributed by atoms with E-state index < -0.39 is 11.7 Å². The predicted molar refractivity (Wildman–Crippen MR) is 122 cm³/mol. The van der Waals surface area contributed by atoms with Crippen molar-refractivity contribution < 1.29 is 23.0 Å². The highest BCUT2D eigenvalue weighted by Gasteiger charge is 2.32. The van der Waals surface area contributed by atoms with Crippen LogP contribution in [0, 0.1) is 17.8 Å². The lowest BCUT2D eigenvalue weighted by atomic mass is 9.73. The highest BCUT2D eigenvalue weighted by atomic mass is 19.2. The van der Waals surface area contributed by atoms with Crippen LogP contribution in [-0.4, -0.2) is 26.6 Å². The molecule has 1 saturated heterocycles. The first-order valence-corrected chi connectivity index (χ1v) is 12.2. The van der Waals surface area contributed by atoms with Crippen molar-refractivity contribution in [3.05, 3.63) is 35.6 Å². The van der Waals surface area contributed by atoms with E-state index in [9.17, 15) is 8.78 Å². The van der Waals surface area contributed by atoms with Crippen molar-refractivity contribution in [3.63, 3.8) is 0 Å². The molecule has 5 heteroatoms. The summed E-state index contributed by atoms with van der Waals surface area (Å²) in [5.74, 6) is 0.589. The Morgan fingerprint density at radius 2 is 1.68 bits per heavy atom. The fourth-order valence-electron chi connectivity index (χ4n) is 4.84. The lowest BCUT2D eigenvalue weighted by Crippen LogP contribution is -2.34. The minimum absolute atomic E-state index is 0.0808. The van der Waals surface area contributed by atoms with Gasteiger partial charge in [-0.15, -0.1) is 6.58 Å². The maximum Gasteiger partial charge on any atom is 0.196 e. The monoisotopic (exact) mass is 440 g/mol. The molecule has 0 aromatic heterocycles. The van der Waals surface area contributed by atoms with Crippen LogP contribution in [0.1, 0.15) is 84.5 Å². The lowest BCUT2D eigenvalue weighted by Gasteiger charge is -2.37. The molecule has 1 aliphatic heterocycles. The van der Waals surface area contributed by atoms with Crippen LogP contribution in [0.15, 0.2) is 35.6 Å². The van der Waals surface area contributed by atoms with Crippen LogP contribution in [0.4, 0.5) is 8.78 Å². The van der Waals surface area contributed by atoms with Gasteiger partial charge in [-0.2, -0.15) is 0 Å². The van der Waals surface area contributed by atoms with Crippen molar-refractivity contribution >= 4 is 0 Å². The number of rotatable bonds is 8. The SMILES string of the molecule is C=CCCC1CCC(C2CCC(OCC3=C(F)C(F)=C(OC)CC3)OC2)CC1.CCC. The Morgan fingerprint density at radius 1 is 1.00 bits per heavy atom. The van der Waals surface area contributed by atoms with Crippen LogP contribution in [-0.2, 0) is 14.2 Å². The summed E-state index contributed by atoms with van der Waals surface area (Å²) in [6, 6.07) is 0. The first-order chi connectivity index (χ1) is 15.0. The maximum absolute atomic E-state index is 14.1. The molecule has 178 valence electrons. The molecule has 1 saturated carbocycles. The molecule has 3 aliphatic rings. The minimum atomic E-state index is -0.888. The molecule has 2 fully saturated rings. The summed E-state index contributed by atoms with van der Waals surface area (Å²) in [7, 11) is 1.36. The largest absolute Gasteiger partial charge is 0.498 e. The molecule has 0 radical (unpaired) electrons. The molecule has 0 amide bonds. The van der Waals surface area contributed by atoms with Gasteiger partial charge in [-0.3, -0.25) is 0 Å². The molecule has 0 N–H and O–H groups in total. The zero-order valence-corrected chi connectivity index (χ0v) is 19.8. The first kappa shape index (κ1) is 26.1. The standard InChI is InChI=1S/C23H34F2O3.C3H8/c1-3-4-5-16-6-8-17(9-7-16)18-11-13-21(27-14-18)28-15-19-10-12-20(26-2)23(25)22(19)24;1-3-2/h3,16-18,21H,1,4-15H2,2H3;3H2,1-2H3. The Hall–Kier alpha value is -1.20. The lowest BCUT2D eigenvalue weighted by molar-refractivity contribution is -0.177. The summed E-state index contributed by atoms with van der Waals surface area (Å²) in [6.45, 7) is 8.87. The van der Waals surface area contributed by atoms with Gasteiger partial charge < -0.3 is 14.2 Å². The van der Waals surface area contributed by atoms with Gasteiger partial charge >= 0.3 is 0 Å². The summed E-state index contributed by atoms with van der Waals surface area (Å²) < 4.78 is 44.5. The summed E-state index contributed by atoms with van der Waals surface area (Å²) in [5, 5.41) is 0. The first-order valence-electron chi connectivity index (χ1n) is 12.2. The van der Waals surface area contributed by atoms with Crippen molar-refractivity contribution in [1.29, 1.82) is 0 Å². The normalized spacial score (nSPS) is 29.3. The van der Waals surface area contributed by atoms with Crippen molar-refractivity contribution in [2.24, 2.45) is 17.8 Å². The second-order valence-corrected chi connectivity index (χ2v) is 9.12. The van der Waals surface area contributed by atoms with E-state index in [0.29, 0.717) is 24.3 Å². The molecule has 2 aliphatic carbocycles. The van der Waals surface area contributed by atoms with Gasteiger partial charge in [-0.1, -0.05) is 39.2 Å². The van der Waals surface area contributed by atoms with E-state index in [0.717, 1.165) is 37.7 Å². The Kier molecular flexibility index (Phi) is 11.8. The Balaban J connectivity index is 0.00000107. The molecule has 3 nitrogen and oxygen atoms in total. The van der Waals surface area contributed by atoms with Gasteiger partial charge in [0.2, 0.25) is 0 Å². The molecule has 0 aromatic rings. The average molecular weight is 441 g/mol. The van der Waals surface area contributed by atoms with Crippen LogP contribution in [0.5, 0.6) is 0 Å². The number of allylic oxidation sites excluding steroid dienone is 4. The van der Waals surface area contributed by atoms with E-state index in [2.05, 4.69) is 20.4 Å². The van der Waals surface area contributed by atoms with Crippen LogP contribution in [0.25, 0.3) is 0 Å². The number of hydrogen-bond donors (Lipinski definition) is 0. The number of halogens is 2. The zero-order valence-electron chi connectivity index (χ0n) is 19.8. The Bertz CT molecular complexity index is 598. The van der Waals surface area contributed by atoms with Crippen molar-refractivity contribution in [2.45, 2.75) is 90.8 Å². The Labute approximate surface area is 187 Å². The second-order valence-electron chi connectivity index (χ2n) is 9.12. The number of methoxy groups -OCH3 is 1. The number of hydrogen-bond acceptors (Lipinski definition) is 3. The van der Waals surface area contributed by atoms with Crippen LogP contribution in [0.3, 0.4) is 0 Å². The quantitative estimate of drug-likeness (QED) is 0.361. The molecule has 0 spiro atoms. The molecule has 2 atom stereocenters. The molecular formula is C26H42F2O3. The third kappa shape index (κ3) is 8.02. The topological polar surface area (TPSA) is 27.7 Å². The summed E-state index contributed by atoms with van der Waals surface area (Å²) in [6.07, 6.45) is 13.3. The van der Waals surface area contributed by atoms with Crippen LogP contribution in [0.2, 0.25) is 0 Å². The fraction of sp³-hybridized carbons (Fsp3) is 0.769. The van der Waals surface area contributed by atoms with Gasteiger partial charge in [-0.05, 0) is 68.3 Å². The second kappa shape index (κ2) is 14.1. The molecule has 3 rings (SSSR count). The van der Waals surface area contributed by atoms with E-state index in [4.69, 9.17) is 14.2 Å². The van der Waals surface area contributed by atoms with E-state index in [1.54, 1.807) is 0 Å². The molecule has 0 bridgehead atoms. The van der Waals surface area contributed by atoms with Crippen LogP contribution >= 0.6 is 0 Å². The van der Waals surface area contributed by atoms with Gasteiger partial charge in [0.05, 0.1) is 20.3 Å². The third-order valence-corrected chi connectivity index (χ3v) is 6.70. The molecular weight excluding hydrogens is 398 g/mol. The van der Waals surface area contributed by atoms with Gasteiger partial charge in [-0.25, -0.2) is 8.78 Å². The minimum Gasteiger partial charge on any atom is -0.498 e.